The molecule has 1 saturated heterocycles. The molecule has 1 aliphatic rings. The lowest BCUT2D eigenvalue weighted by atomic mass is 10.3. The number of furan rings is 1. The maximum absolute atomic E-state index is 12.4. The fourth-order valence-corrected chi connectivity index (χ4v) is 3.14. The molecular formula is C17H16BrN5O2. The fourth-order valence-electron chi connectivity index (χ4n) is 2.84. The first-order valence-corrected chi connectivity index (χ1v) is 8.77. The summed E-state index contributed by atoms with van der Waals surface area (Å²) in [5, 5.41) is 8.59. The largest absolute Gasteiger partial charge is 0.444 e. The number of hydrogen-bond acceptors (Lipinski definition) is 5. The highest BCUT2D eigenvalue weighted by Gasteiger charge is 2.24. The number of aromatic nitrogens is 3. The molecule has 1 amide bonds. The van der Waals surface area contributed by atoms with Gasteiger partial charge in [0.15, 0.2) is 22.1 Å². The quantitative estimate of drug-likeness (QED) is 0.674. The predicted molar refractivity (Wildman–Crippen MR) is 95.9 cm³/mol. The number of halogens is 1. The van der Waals surface area contributed by atoms with Crippen molar-refractivity contribution in [3.05, 3.63) is 59.2 Å². The van der Waals surface area contributed by atoms with Gasteiger partial charge in [-0.05, 0) is 52.3 Å². The zero-order valence-electron chi connectivity index (χ0n) is 13.4. The van der Waals surface area contributed by atoms with Crippen molar-refractivity contribution in [1.29, 1.82) is 0 Å². The normalized spacial score (nSPS) is 14.8. The minimum absolute atomic E-state index is 0.0839. The number of rotatable bonds is 3. The average molecular weight is 402 g/mol. The number of nitrogens with zero attached hydrogens (tertiary/aromatic N) is 5. The zero-order valence-corrected chi connectivity index (χ0v) is 15.0. The molecule has 3 aromatic heterocycles. The smallest absolute Gasteiger partial charge is 0.289 e. The van der Waals surface area contributed by atoms with E-state index in [9.17, 15) is 4.79 Å². The molecule has 0 N–H and O–H groups in total. The summed E-state index contributed by atoms with van der Waals surface area (Å²) in [4.78, 5) is 16.3. The van der Waals surface area contributed by atoms with Crippen LogP contribution >= 0.6 is 15.9 Å². The minimum atomic E-state index is -0.0839. The second-order valence-electron chi connectivity index (χ2n) is 5.72. The van der Waals surface area contributed by atoms with Gasteiger partial charge in [0, 0.05) is 38.6 Å². The molecule has 0 radical (unpaired) electrons. The SMILES string of the molecule is O=C(c1ccc(Br)o1)N1CCN(c2ccc(-n3cccc3)nn2)CC1. The van der Waals surface area contributed by atoms with Gasteiger partial charge in [0.05, 0.1) is 0 Å². The molecule has 7 nitrogen and oxygen atoms in total. The van der Waals surface area contributed by atoms with Crippen LogP contribution in [0.3, 0.4) is 0 Å². The molecule has 4 rings (SSSR count). The van der Waals surface area contributed by atoms with Crippen LogP contribution in [0.2, 0.25) is 0 Å². The first-order valence-electron chi connectivity index (χ1n) is 7.97. The lowest BCUT2D eigenvalue weighted by Crippen LogP contribution is -2.49. The Morgan fingerprint density at radius 3 is 2.24 bits per heavy atom. The van der Waals surface area contributed by atoms with Gasteiger partial charge in [-0.15, -0.1) is 10.2 Å². The second kappa shape index (κ2) is 6.72. The van der Waals surface area contributed by atoms with Crippen molar-refractivity contribution in [2.45, 2.75) is 0 Å². The van der Waals surface area contributed by atoms with Crippen LogP contribution in [0.25, 0.3) is 5.82 Å². The molecule has 0 aromatic carbocycles. The van der Waals surface area contributed by atoms with Crippen molar-refractivity contribution in [3.63, 3.8) is 0 Å². The zero-order chi connectivity index (χ0) is 17.2. The topological polar surface area (TPSA) is 67.4 Å². The Bertz CT molecular complexity index is 852. The molecular weight excluding hydrogens is 386 g/mol. The predicted octanol–water partition coefficient (Wildman–Crippen LogP) is 2.59. The van der Waals surface area contributed by atoms with E-state index >= 15 is 0 Å². The summed E-state index contributed by atoms with van der Waals surface area (Å²) in [6.07, 6.45) is 3.86. The Balaban J connectivity index is 1.39. The van der Waals surface area contributed by atoms with E-state index in [-0.39, 0.29) is 5.91 Å². The van der Waals surface area contributed by atoms with Crippen molar-refractivity contribution in [2.75, 3.05) is 31.1 Å². The van der Waals surface area contributed by atoms with Gasteiger partial charge in [-0.3, -0.25) is 4.79 Å². The van der Waals surface area contributed by atoms with Gasteiger partial charge in [-0.2, -0.15) is 0 Å². The molecule has 0 aliphatic carbocycles. The number of carbonyl (C=O) groups is 1. The van der Waals surface area contributed by atoms with Crippen LogP contribution in [0, 0.1) is 0 Å². The minimum Gasteiger partial charge on any atom is -0.444 e. The maximum Gasteiger partial charge on any atom is 0.289 e. The van der Waals surface area contributed by atoms with Gasteiger partial charge in [-0.25, -0.2) is 0 Å². The van der Waals surface area contributed by atoms with Crippen LogP contribution < -0.4 is 4.90 Å². The van der Waals surface area contributed by atoms with Crippen LogP contribution in [-0.4, -0.2) is 51.8 Å². The van der Waals surface area contributed by atoms with Crippen molar-refractivity contribution >= 4 is 27.7 Å². The van der Waals surface area contributed by atoms with E-state index in [1.54, 1.807) is 17.0 Å². The maximum atomic E-state index is 12.4. The van der Waals surface area contributed by atoms with Gasteiger partial charge in [-0.1, -0.05) is 0 Å². The lowest BCUT2D eigenvalue weighted by molar-refractivity contribution is 0.0713. The average Bonchev–Trinajstić information content (AvgIpc) is 3.33. The third kappa shape index (κ3) is 3.30. The Kier molecular flexibility index (Phi) is 4.27. The molecule has 4 heterocycles. The van der Waals surface area contributed by atoms with Crippen molar-refractivity contribution in [1.82, 2.24) is 19.7 Å². The highest BCUT2D eigenvalue weighted by atomic mass is 79.9. The molecule has 0 spiro atoms. The molecule has 1 fully saturated rings. The van der Waals surface area contributed by atoms with Gasteiger partial charge in [0.1, 0.15) is 0 Å². The van der Waals surface area contributed by atoms with E-state index in [0.717, 1.165) is 11.6 Å². The van der Waals surface area contributed by atoms with Gasteiger partial charge >= 0.3 is 0 Å². The first kappa shape index (κ1) is 15.9. The molecule has 0 unspecified atom stereocenters. The molecule has 0 bridgehead atoms. The highest BCUT2D eigenvalue weighted by molar-refractivity contribution is 9.10. The summed E-state index contributed by atoms with van der Waals surface area (Å²) in [6.45, 7) is 2.67. The summed E-state index contributed by atoms with van der Waals surface area (Å²) in [6, 6.07) is 11.2. The number of hydrogen-bond donors (Lipinski definition) is 0. The van der Waals surface area contributed by atoms with E-state index in [1.165, 1.54) is 0 Å². The molecule has 0 atom stereocenters. The monoisotopic (exact) mass is 401 g/mol. The Morgan fingerprint density at radius 2 is 1.64 bits per heavy atom. The van der Waals surface area contributed by atoms with Crippen molar-refractivity contribution < 1.29 is 9.21 Å². The van der Waals surface area contributed by atoms with Crippen molar-refractivity contribution in [3.8, 4) is 5.82 Å². The Labute approximate surface area is 153 Å². The third-order valence-corrected chi connectivity index (χ3v) is 4.61. The third-order valence-electron chi connectivity index (χ3n) is 4.18. The second-order valence-corrected chi connectivity index (χ2v) is 6.50. The number of carbonyl (C=O) groups excluding carboxylic acids is 1. The number of anilines is 1. The summed E-state index contributed by atoms with van der Waals surface area (Å²) in [5.74, 6) is 1.88. The molecule has 1 aliphatic heterocycles. The molecule has 128 valence electrons. The molecule has 25 heavy (non-hydrogen) atoms. The highest BCUT2D eigenvalue weighted by Crippen LogP contribution is 2.18. The van der Waals surface area contributed by atoms with Crippen LogP contribution in [0.5, 0.6) is 0 Å². The van der Waals surface area contributed by atoms with Crippen LogP contribution in [0.4, 0.5) is 5.82 Å². The number of amides is 1. The van der Waals surface area contributed by atoms with Crippen LogP contribution in [-0.2, 0) is 0 Å². The van der Waals surface area contributed by atoms with E-state index in [0.29, 0.717) is 36.6 Å². The van der Waals surface area contributed by atoms with Crippen LogP contribution in [0.15, 0.2) is 57.9 Å². The number of piperazine rings is 1. The van der Waals surface area contributed by atoms with Crippen molar-refractivity contribution in [2.24, 2.45) is 0 Å². The fraction of sp³-hybridized carbons (Fsp3) is 0.235. The molecule has 0 saturated carbocycles. The Morgan fingerprint density at radius 1 is 0.960 bits per heavy atom. The lowest BCUT2D eigenvalue weighted by Gasteiger charge is -2.34. The summed E-state index contributed by atoms with van der Waals surface area (Å²) in [7, 11) is 0. The summed E-state index contributed by atoms with van der Waals surface area (Å²) in [5.41, 5.74) is 0. The van der Waals surface area contributed by atoms with E-state index in [2.05, 4.69) is 31.0 Å². The summed E-state index contributed by atoms with van der Waals surface area (Å²) >= 11 is 3.22. The van der Waals surface area contributed by atoms with E-state index in [1.807, 2.05) is 41.2 Å². The van der Waals surface area contributed by atoms with E-state index < -0.39 is 0 Å². The first-order chi connectivity index (χ1) is 12.2. The van der Waals surface area contributed by atoms with E-state index in [4.69, 9.17) is 4.42 Å². The van der Waals surface area contributed by atoms with Gasteiger partial charge < -0.3 is 18.8 Å². The Hall–Kier alpha value is -2.61. The van der Waals surface area contributed by atoms with Gasteiger partial charge in [0.2, 0.25) is 0 Å². The van der Waals surface area contributed by atoms with Crippen LogP contribution in [0.1, 0.15) is 10.6 Å². The standard InChI is InChI=1S/C17H16BrN5O2/c18-14-4-3-13(25-14)17(24)23-11-9-22(10-12-23)16-6-5-15(19-20-16)21-7-1-2-8-21/h1-8H,9-12H2. The summed E-state index contributed by atoms with van der Waals surface area (Å²) < 4.78 is 7.82. The molecule has 8 heteroatoms. The van der Waals surface area contributed by atoms with Gasteiger partial charge in [0.25, 0.3) is 5.91 Å². The molecule has 3 aromatic rings.